The van der Waals surface area contributed by atoms with E-state index in [4.69, 9.17) is 10.8 Å². The molecule has 4 nitrogen and oxygen atoms in total. The highest BCUT2D eigenvalue weighted by molar-refractivity contribution is 5.76. The molecule has 0 saturated heterocycles. The lowest BCUT2D eigenvalue weighted by Crippen LogP contribution is -2.31. The number of nitrogens with two attached hydrogens (primary N) is 1. The summed E-state index contributed by atoms with van der Waals surface area (Å²) in [6, 6.07) is 0. The molecule has 0 fully saturated rings. The molecular formula is C13H23NO3. The van der Waals surface area contributed by atoms with Crippen molar-refractivity contribution in [3.05, 3.63) is 23.3 Å². The fourth-order valence-corrected chi connectivity index (χ4v) is 1.38. The third kappa shape index (κ3) is 6.24. The maximum absolute atomic E-state index is 10.9. The van der Waals surface area contributed by atoms with E-state index in [2.05, 4.69) is 0 Å². The van der Waals surface area contributed by atoms with Crippen LogP contribution in [0.1, 0.15) is 33.6 Å². The van der Waals surface area contributed by atoms with Gasteiger partial charge in [-0.25, -0.2) is 0 Å². The predicted octanol–water partition coefficient (Wildman–Crippen LogP) is 1.13. The number of aliphatic hydroxyl groups is 2. The summed E-state index contributed by atoms with van der Waals surface area (Å²) >= 11 is 0. The average molecular weight is 241 g/mol. The van der Waals surface area contributed by atoms with Crippen molar-refractivity contribution in [2.75, 3.05) is 6.61 Å². The predicted molar refractivity (Wildman–Crippen MR) is 68.2 cm³/mol. The number of rotatable bonds is 7. The lowest BCUT2D eigenvalue weighted by Gasteiger charge is -2.16. The van der Waals surface area contributed by atoms with Gasteiger partial charge in [0, 0.05) is 0 Å². The summed E-state index contributed by atoms with van der Waals surface area (Å²) in [6.07, 6.45) is 4.06. The number of aliphatic hydroxyl groups excluding tert-OH is 2. The monoisotopic (exact) mass is 241 g/mol. The zero-order valence-electron chi connectivity index (χ0n) is 10.8. The third-order valence-corrected chi connectivity index (χ3v) is 2.88. The van der Waals surface area contributed by atoms with E-state index in [-0.39, 0.29) is 6.61 Å². The molecule has 0 aromatic rings. The molecule has 2 atom stereocenters. The molecule has 2 unspecified atom stereocenters. The van der Waals surface area contributed by atoms with Crippen molar-refractivity contribution in [2.24, 2.45) is 11.7 Å². The lowest BCUT2D eigenvalue weighted by molar-refractivity contribution is -0.124. The van der Waals surface area contributed by atoms with E-state index in [0.29, 0.717) is 12.8 Å². The Kier molecular flexibility index (Phi) is 7.50. The van der Waals surface area contributed by atoms with E-state index in [0.717, 1.165) is 11.1 Å². The van der Waals surface area contributed by atoms with Gasteiger partial charge in [-0.15, -0.1) is 0 Å². The van der Waals surface area contributed by atoms with Crippen LogP contribution in [-0.4, -0.2) is 28.8 Å². The summed E-state index contributed by atoms with van der Waals surface area (Å²) in [6.45, 7) is 5.43. The fraction of sp³-hybridized carbons (Fsp3) is 0.615. The first kappa shape index (κ1) is 15.9. The fourth-order valence-electron chi connectivity index (χ4n) is 1.38. The average Bonchev–Trinajstić information content (AvgIpc) is 2.32. The van der Waals surface area contributed by atoms with E-state index in [1.54, 1.807) is 6.92 Å². The number of primary amides is 1. The number of amides is 1. The van der Waals surface area contributed by atoms with Crippen molar-refractivity contribution in [3.63, 3.8) is 0 Å². The zero-order chi connectivity index (χ0) is 13.4. The normalized spacial score (nSPS) is 16.8. The molecule has 98 valence electrons. The zero-order valence-corrected chi connectivity index (χ0v) is 10.8. The molecule has 0 spiro atoms. The van der Waals surface area contributed by atoms with Crippen LogP contribution in [0.5, 0.6) is 0 Å². The van der Waals surface area contributed by atoms with Crippen molar-refractivity contribution in [1.29, 1.82) is 0 Å². The van der Waals surface area contributed by atoms with Gasteiger partial charge in [0.2, 0.25) is 5.91 Å². The first-order valence-electron chi connectivity index (χ1n) is 5.83. The molecule has 0 aromatic carbocycles. The van der Waals surface area contributed by atoms with E-state index >= 15 is 0 Å². The van der Waals surface area contributed by atoms with Gasteiger partial charge in [0.25, 0.3) is 0 Å². The van der Waals surface area contributed by atoms with Gasteiger partial charge >= 0.3 is 0 Å². The second-order valence-corrected chi connectivity index (χ2v) is 4.29. The first-order chi connectivity index (χ1) is 7.92. The van der Waals surface area contributed by atoms with E-state index in [1.165, 1.54) is 0 Å². The van der Waals surface area contributed by atoms with Gasteiger partial charge in [-0.1, -0.05) is 24.6 Å². The smallest absolute Gasteiger partial charge is 0.222 e. The Morgan fingerprint density at radius 3 is 2.47 bits per heavy atom. The van der Waals surface area contributed by atoms with Crippen LogP contribution in [0.25, 0.3) is 0 Å². The molecule has 0 aliphatic carbocycles. The van der Waals surface area contributed by atoms with Gasteiger partial charge in [-0.2, -0.15) is 0 Å². The maximum atomic E-state index is 10.9. The van der Waals surface area contributed by atoms with Gasteiger partial charge in [-0.05, 0) is 32.3 Å². The van der Waals surface area contributed by atoms with Gasteiger partial charge in [0.1, 0.15) is 0 Å². The highest BCUT2D eigenvalue weighted by Gasteiger charge is 2.19. The van der Waals surface area contributed by atoms with E-state index in [9.17, 15) is 9.90 Å². The Bertz CT molecular complexity index is 308. The Morgan fingerprint density at radius 2 is 2.06 bits per heavy atom. The second kappa shape index (κ2) is 8.03. The number of allylic oxidation sites excluding steroid dienone is 3. The van der Waals surface area contributed by atoms with Crippen molar-refractivity contribution in [1.82, 2.24) is 0 Å². The molecule has 0 bridgehead atoms. The first-order valence-corrected chi connectivity index (χ1v) is 5.83. The second-order valence-electron chi connectivity index (χ2n) is 4.29. The summed E-state index contributed by atoms with van der Waals surface area (Å²) < 4.78 is 0. The number of hydrogen-bond donors (Lipinski definition) is 3. The number of carbonyl (C=O) groups is 1. The van der Waals surface area contributed by atoms with Crippen molar-refractivity contribution < 1.29 is 15.0 Å². The largest absolute Gasteiger partial charge is 0.392 e. The van der Waals surface area contributed by atoms with Crippen LogP contribution < -0.4 is 5.73 Å². The van der Waals surface area contributed by atoms with Gasteiger partial charge < -0.3 is 15.9 Å². The minimum absolute atomic E-state index is 0.0388. The Balaban J connectivity index is 4.34. The van der Waals surface area contributed by atoms with Crippen molar-refractivity contribution in [3.8, 4) is 0 Å². The van der Waals surface area contributed by atoms with Crippen LogP contribution in [0, 0.1) is 5.92 Å². The van der Waals surface area contributed by atoms with Crippen molar-refractivity contribution >= 4 is 5.91 Å². The topological polar surface area (TPSA) is 83.6 Å². The van der Waals surface area contributed by atoms with Crippen molar-refractivity contribution in [2.45, 2.75) is 39.7 Å². The van der Waals surface area contributed by atoms with Crippen LogP contribution in [0.4, 0.5) is 0 Å². The van der Waals surface area contributed by atoms with Crippen LogP contribution in [-0.2, 0) is 4.79 Å². The van der Waals surface area contributed by atoms with Gasteiger partial charge in [0.05, 0.1) is 18.6 Å². The van der Waals surface area contributed by atoms with E-state index < -0.39 is 17.9 Å². The summed E-state index contributed by atoms with van der Waals surface area (Å²) in [5, 5.41) is 18.9. The highest BCUT2D eigenvalue weighted by atomic mass is 16.3. The molecule has 0 aliphatic rings. The number of hydrogen-bond acceptors (Lipinski definition) is 3. The number of carbonyl (C=O) groups excluding carboxylic acids is 1. The standard InChI is InChI=1S/C13H23NO3/c1-4-9(2)7-11(8-15)5-6-12(16)10(3)13(14)17/h4,7,10,12,15-16H,5-6,8H2,1-3H3,(H2,14,17)/b9-4+,11-7-. The summed E-state index contributed by atoms with van der Waals surface area (Å²) in [5.41, 5.74) is 7.01. The minimum atomic E-state index is -0.756. The Labute approximate surface area is 103 Å². The highest BCUT2D eigenvalue weighted by Crippen LogP contribution is 2.14. The molecule has 0 heterocycles. The molecule has 4 heteroatoms. The molecule has 1 amide bonds. The van der Waals surface area contributed by atoms with Crippen LogP contribution in [0.15, 0.2) is 23.3 Å². The Morgan fingerprint density at radius 1 is 1.47 bits per heavy atom. The molecule has 0 rings (SSSR count). The van der Waals surface area contributed by atoms with Gasteiger partial charge in [0.15, 0.2) is 0 Å². The van der Waals surface area contributed by atoms with E-state index in [1.807, 2.05) is 26.0 Å². The quantitative estimate of drug-likeness (QED) is 0.584. The molecule has 0 aliphatic heterocycles. The van der Waals surface area contributed by atoms with Crippen LogP contribution >= 0.6 is 0 Å². The molecule has 0 radical (unpaired) electrons. The van der Waals surface area contributed by atoms with Gasteiger partial charge in [-0.3, -0.25) is 4.79 Å². The molecule has 0 aromatic heterocycles. The maximum Gasteiger partial charge on any atom is 0.222 e. The summed E-state index contributed by atoms with van der Waals surface area (Å²) in [7, 11) is 0. The summed E-state index contributed by atoms with van der Waals surface area (Å²) in [5.74, 6) is -1.06. The third-order valence-electron chi connectivity index (χ3n) is 2.88. The summed E-state index contributed by atoms with van der Waals surface area (Å²) in [4.78, 5) is 10.9. The molecule has 4 N–H and O–H groups in total. The minimum Gasteiger partial charge on any atom is -0.392 e. The molecular weight excluding hydrogens is 218 g/mol. The Hall–Kier alpha value is -1.13. The van der Waals surface area contributed by atoms with Crippen LogP contribution in [0.2, 0.25) is 0 Å². The molecule has 17 heavy (non-hydrogen) atoms. The lowest BCUT2D eigenvalue weighted by atomic mass is 9.97. The molecule has 0 saturated carbocycles. The van der Waals surface area contributed by atoms with Crippen LogP contribution in [0.3, 0.4) is 0 Å². The SMILES string of the molecule is C/C=C(C)/C=C(\CO)CCC(O)C(C)C(N)=O.